The van der Waals surface area contributed by atoms with Crippen LogP contribution in [-0.4, -0.2) is 35.6 Å². The molecule has 0 aromatic heterocycles. The molecule has 0 spiro atoms. The molecule has 1 unspecified atom stereocenters. The minimum Gasteiger partial charge on any atom is -0.335 e. The molecule has 0 bridgehead atoms. The monoisotopic (exact) mass is 360 g/mol. The summed E-state index contributed by atoms with van der Waals surface area (Å²) in [7, 11) is 1.66. The molecular weight excluding hydrogens is 344 g/mol. The average Bonchev–Trinajstić information content (AvgIpc) is 2.97. The number of rotatable bonds is 4. The Hall–Kier alpha value is -1.98. The second-order valence-corrected chi connectivity index (χ2v) is 7.35. The van der Waals surface area contributed by atoms with Crippen molar-refractivity contribution < 1.29 is 9.59 Å². The van der Waals surface area contributed by atoms with Crippen molar-refractivity contribution in [2.24, 2.45) is 0 Å². The van der Waals surface area contributed by atoms with Gasteiger partial charge in [0.2, 0.25) is 11.8 Å². The molecule has 0 radical (unpaired) electrons. The molecule has 1 heterocycles. The first-order chi connectivity index (χ1) is 11.5. The summed E-state index contributed by atoms with van der Waals surface area (Å²) in [5, 5.41) is 3.14. The second-order valence-electron chi connectivity index (χ2n) is 5.67. The van der Waals surface area contributed by atoms with Gasteiger partial charge in [0.25, 0.3) is 0 Å². The largest absolute Gasteiger partial charge is 0.335 e. The van der Waals surface area contributed by atoms with Crippen LogP contribution in [0.4, 0.5) is 5.69 Å². The van der Waals surface area contributed by atoms with Gasteiger partial charge in [0, 0.05) is 22.7 Å². The van der Waals surface area contributed by atoms with Gasteiger partial charge in [0.1, 0.15) is 0 Å². The summed E-state index contributed by atoms with van der Waals surface area (Å²) in [6.45, 7) is 0.0127. The van der Waals surface area contributed by atoms with Gasteiger partial charge in [-0.25, -0.2) is 0 Å². The number of likely N-dealkylation sites (N-methyl/N-ethyl adjacent to an activating group) is 1. The summed E-state index contributed by atoms with van der Waals surface area (Å²) in [4.78, 5) is 27.3. The number of thioether (sulfide) groups is 1. The molecule has 0 fully saturated rings. The molecule has 1 atom stereocenters. The standard InChI is InChI=1S/C18H17ClN2O2S/c1-21(11-17(22)20-14-7-4-6-13(19)10-14)18(23)16-9-12-5-2-3-8-15(12)24-16/h2-8,10,16H,9,11H2,1H3,(H,20,22). The molecule has 2 aromatic rings. The van der Waals surface area contributed by atoms with Crippen molar-refractivity contribution in [3.05, 3.63) is 59.1 Å². The van der Waals surface area contributed by atoms with Gasteiger partial charge in [-0.05, 0) is 36.2 Å². The van der Waals surface area contributed by atoms with Crippen LogP contribution in [0.5, 0.6) is 0 Å². The predicted molar refractivity (Wildman–Crippen MR) is 97.5 cm³/mol. The Kier molecular flexibility index (Phi) is 5.11. The summed E-state index contributed by atoms with van der Waals surface area (Å²) in [5.41, 5.74) is 1.81. The first-order valence-corrected chi connectivity index (χ1v) is 8.83. The summed E-state index contributed by atoms with van der Waals surface area (Å²) in [6.07, 6.45) is 0.708. The lowest BCUT2D eigenvalue weighted by Crippen LogP contribution is -2.39. The van der Waals surface area contributed by atoms with Crippen LogP contribution in [0.25, 0.3) is 0 Å². The quantitative estimate of drug-likeness (QED) is 0.908. The van der Waals surface area contributed by atoms with Gasteiger partial charge in [-0.3, -0.25) is 9.59 Å². The third-order valence-electron chi connectivity index (χ3n) is 3.79. The number of nitrogens with zero attached hydrogens (tertiary/aromatic N) is 1. The molecule has 1 aliphatic heterocycles. The normalized spacial score (nSPS) is 15.7. The third-order valence-corrected chi connectivity index (χ3v) is 5.33. The van der Waals surface area contributed by atoms with Crippen LogP contribution in [-0.2, 0) is 16.0 Å². The lowest BCUT2D eigenvalue weighted by atomic mass is 10.1. The fourth-order valence-electron chi connectivity index (χ4n) is 2.63. The molecule has 2 aromatic carbocycles. The topological polar surface area (TPSA) is 49.4 Å². The first-order valence-electron chi connectivity index (χ1n) is 7.58. The minimum absolute atomic E-state index is 0.0127. The average molecular weight is 361 g/mol. The van der Waals surface area contributed by atoms with Crippen molar-refractivity contribution in [3.8, 4) is 0 Å². The number of hydrogen-bond acceptors (Lipinski definition) is 3. The van der Waals surface area contributed by atoms with E-state index in [1.165, 1.54) is 10.5 Å². The van der Waals surface area contributed by atoms with Crippen LogP contribution in [0.3, 0.4) is 0 Å². The van der Waals surface area contributed by atoms with Crippen molar-refractivity contribution in [1.29, 1.82) is 0 Å². The Labute approximate surface area is 150 Å². The summed E-state index contributed by atoms with van der Waals surface area (Å²) in [5.74, 6) is -0.272. The van der Waals surface area contributed by atoms with Crippen molar-refractivity contribution in [3.63, 3.8) is 0 Å². The fourth-order valence-corrected chi connectivity index (χ4v) is 4.13. The number of amides is 2. The fraction of sp³-hybridized carbons (Fsp3) is 0.222. The SMILES string of the molecule is CN(CC(=O)Nc1cccc(Cl)c1)C(=O)C1Cc2ccccc2S1. The van der Waals surface area contributed by atoms with E-state index in [0.29, 0.717) is 17.1 Å². The number of carbonyl (C=O) groups excluding carboxylic acids is 2. The maximum absolute atomic E-state index is 12.6. The summed E-state index contributed by atoms with van der Waals surface area (Å²) < 4.78 is 0. The summed E-state index contributed by atoms with van der Waals surface area (Å²) >= 11 is 7.46. The van der Waals surface area contributed by atoms with Gasteiger partial charge in [0.15, 0.2) is 0 Å². The van der Waals surface area contributed by atoms with E-state index in [1.807, 2.05) is 24.3 Å². The Morgan fingerprint density at radius 1 is 1.25 bits per heavy atom. The minimum atomic E-state index is -0.242. The zero-order valence-electron chi connectivity index (χ0n) is 13.2. The van der Waals surface area contributed by atoms with Gasteiger partial charge in [-0.2, -0.15) is 0 Å². The van der Waals surface area contributed by atoms with Gasteiger partial charge < -0.3 is 10.2 Å². The number of carbonyl (C=O) groups is 2. The van der Waals surface area contributed by atoms with Crippen molar-refractivity contribution in [2.75, 3.05) is 18.9 Å². The third kappa shape index (κ3) is 3.91. The zero-order chi connectivity index (χ0) is 17.1. The second kappa shape index (κ2) is 7.28. The van der Waals surface area contributed by atoms with E-state index in [1.54, 1.807) is 43.1 Å². The Balaban J connectivity index is 1.56. The number of anilines is 1. The van der Waals surface area contributed by atoms with Crippen molar-refractivity contribution >= 4 is 40.9 Å². The van der Waals surface area contributed by atoms with E-state index in [4.69, 9.17) is 11.6 Å². The number of benzene rings is 2. The summed E-state index contributed by atoms with van der Waals surface area (Å²) in [6, 6.07) is 15.0. The highest BCUT2D eigenvalue weighted by molar-refractivity contribution is 8.01. The van der Waals surface area contributed by atoms with E-state index >= 15 is 0 Å². The molecule has 24 heavy (non-hydrogen) atoms. The number of hydrogen-bond donors (Lipinski definition) is 1. The predicted octanol–water partition coefficient (Wildman–Crippen LogP) is 3.45. The van der Waals surface area contributed by atoms with Crippen LogP contribution in [0, 0.1) is 0 Å². The molecule has 1 N–H and O–H groups in total. The number of nitrogens with one attached hydrogen (secondary N) is 1. The smallest absolute Gasteiger partial charge is 0.243 e. The molecule has 0 saturated carbocycles. The molecule has 0 saturated heterocycles. The van der Waals surface area contributed by atoms with Crippen LogP contribution in [0.1, 0.15) is 5.56 Å². The van der Waals surface area contributed by atoms with E-state index in [9.17, 15) is 9.59 Å². The van der Waals surface area contributed by atoms with Crippen LogP contribution in [0.15, 0.2) is 53.4 Å². The van der Waals surface area contributed by atoms with E-state index in [2.05, 4.69) is 5.32 Å². The Bertz CT molecular complexity index is 756. The first kappa shape index (κ1) is 16.9. The van der Waals surface area contributed by atoms with Crippen LogP contribution < -0.4 is 5.32 Å². The molecule has 124 valence electrons. The van der Waals surface area contributed by atoms with Crippen LogP contribution >= 0.6 is 23.4 Å². The van der Waals surface area contributed by atoms with E-state index < -0.39 is 0 Å². The highest BCUT2D eigenvalue weighted by Crippen LogP contribution is 2.37. The van der Waals surface area contributed by atoms with E-state index in [-0.39, 0.29) is 23.6 Å². The number of halogens is 1. The lowest BCUT2D eigenvalue weighted by molar-refractivity contribution is -0.132. The van der Waals surface area contributed by atoms with Gasteiger partial charge in [-0.15, -0.1) is 11.8 Å². The highest BCUT2D eigenvalue weighted by atomic mass is 35.5. The molecule has 2 amide bonds. The van der Waals surface area contributed by atoms with Gasteiger partial charge >= 0.3 is 0 Å². The van der Waals surface area contributed by atoms with E-state index in [0.717, 1.165) is 4.90 Å². The highest BCUT2D eigenvalue weighted by Gasteiger charge is 2.30. The van der Waals surface area contributed by atoms with Crippen LogP contribution in [0.2, 0.25) is 5.02 Å². The molecule has 4 nitrogen and oxygen atoms in total. The Morgan fingerprint density at radius 3 is 2.79 bits per heavy atom. The molecule has 6 heteroatoms. The molecule has 1 aliphatic rings. The molecule has 0 aliphatic carbocycles. The van der Waals surface area contributed by atoms with Crippen molar-refractivity contribution in [2.45, 2.75) is 16.6 Å². The maximum Gasteiger partial charge on any atom is 0.243 e. The maximum atomic E-state index is 12.6. The molecule has 3 rings (SSSR count). The number of fused-ring (bicyclic) bond motifs is 1. The van der Waals surface area contributed by atoms with Gasteiger partial charge in [-0.1, -0.05) is 35.9 Å². The Morgan fingerprint density at radius 2 is 2.04 bits per heavy atom. The molecular formula is C18H17ClN2O2S. The van der Waals surface area contributed by atoms with Gasteiger partial charge in [0.05, 0.1) is 11.8 Å². The van der Waals surface area contributed by atoms with Crippen molar-refractivity contribution in [1.82, 2.24) is 4.90 Å². The lowest BCUT2D eigenvalue weighted by Gasteiger charge is -2.20. The zero-order valence-corrected chi connectivity index (χ0v) is 14.7.